The molecule has 0 aliphatic heterocycles. The van der Waals surface area contributed by atoms with Gasteiger partial charge >= 0.3 is 44.6 Å². The summed E-state index contributed by atoms with van der Waals surface area (Å²) in [7, 11) is -3.00. The van der Waals surface area contributed by atoms with Gasteiger partial charge < -0.3 is 5.21 Å². The Morgan fingerprint density at radius 3 is 1.85 bits per heavy atom. The van der Waals surface area contributed by atoms with Gasteiger partial charge in [0.1, 0.15) is 10.3 Å². The summed E-state index contributed by atoms with van der Waals surface area (Å²) in [6.45, 7) is 12.3. The fourth-order valence-corrected chi connectivity index (χ4v) is 3.12. The van der Waals surface area contributed by atoms with Crippen molar-refractivity contribution in [2.75, 3.05) is 34.7 Å². The Balaban J connectivity index is 0.000000541. The van der Waals surface area contributed by atoms with Crippen LogP contribution in [0.5, 0.6) is 0 Å². The summed E-state index contributed by atoms with van der Waals surface area (Å²) >= 11 is 0. The van der Waals surface area contributed by atoms with Gasteiger partial charge in [0.15, 0.2) is 0 Å². The van der Waals surface area contributed by atoms with Crippen molar-refractivity contribution in [3.8, 4) is 0 Å². The standard InChI is InChI=1S/C10H15N6O.C8H19N.F6P/c1-13(2)10(14(3)4)16-8-6-5-7-15(17)9(8)11-12-16;1-6-9(7(2)3)8(4)5;1-7(2,3,4,5)6/h5-7H,1-4H3;7-8H,6H2,1-5H3;/q+1;;-1. The van der Waals surface area contributed by atoms with Gasteiger partial charge in [-0.2, -0.15) is 0 Å². The second kappa shape index (κ2) is 10.4. The normalized spacial score (nSPS) is 13.6. The molecule has 8 nitrogen and oxygen atoms in total. The van der Waals surface area contributed by atoms with Crippen LogP contribution in [0, 0.1) is 5.21 Å². The van der Waals surface area contributed by atoms with Gasteiger partial charge in [0.2, 0.25) is 5.52 Å². The first kappa shape index (κ1) is 30.8. The first-order valence-electron chi connectivity index (χ1n) is 10.0. The van der Waals surface area contributed by atoms with E-state index in [1.807, 2.05) is 43.7 Å². The van der Waals surface area contributed by atoms with Gasteiger partial charge in [-0.1, -0.05) is 11.6 Å². The number of pyridine rings is 1. The van der Waals surface area contributed by atoms with Crippen LogP contribution in [0.1, 0.15) is 34.6 Å². The summed E-state index contributed by atoms with van der Waals surface area (Å²) in [6.07, 6.45) is 1.41. The van der Waals surface area contributed by atoms with Crippen LogP contribution >= 0.6 is 7.81 Å². The van der Waals surface area contributed by atoms with E-state index in [4.69, 9.17) is 0 Å². The first-order chi connectivity index (χ1) is 14.6. The summed E-state index contributed by atoms with van der Waals surface area (Å²) in [4.78, 5) is 4.37. The quantitative estimate of drug-likeness (QED) is 0.151. The van der Waals surface area contributed by atoms with E-state index in [2.05, 4.69) is 49.8 Å². The zero-order valence-corrected chi connectivity index (χ0v) is 21.2. The Morgan fingerprint density at radius 2 is 1.55 bits per heavy atom. The molecule has 15 heteroatoms. The molecule has 2 aromatic heterocycles. The van der Waals surface area contributed by atoms with E-state index in [1.54, 1.807) is 10.7 Å². The average molecular weight is 509 g/mol. The summed E-state index contributed by atoms with van der Waals surface area (Å²) < 4.78 is 63.5. The number of nitrogens with zero attached hydrogens (tertiary/aromatic N) is 7. The zero-order valence-electron chi connectivity index (χ0n) is 20.3. The molecule has 0 spiro atoms. The van der Waals surface area contributed by atoms with Gasteiger partial charge in [-0.25, -0.2) is 4.73 Å². The molecule has 0 bridgehead atoms. The predicted molar refractivity (Wildman–Crippen MR) is 119 cm³/mol. The molecule has 0 atom stereocenters. The van der Waals surface area contributed by atoms with Crippen LogP contribution in [0.3, 0.4) is 0 Å². The molecule has 2 rings (SSSR count). The topological polar surface area (TPSA) is 67.1 Å². The van der Waals surface area contributed by atoms with Crippen molar-refractivity contribution in [2.45, 2.75) is 46.7 Å². The van der Waals surface area contributed by atoms with E-state index >= 15 is 0 Å². The molecule has 194 valence electrons. The van der Waals surface area contributed by atoms with E-state index in [1.165, 1.54) is 6.20 Å². The summed E-state index contributed by atoms with van der Waals surface area (Å²) in [5.74, 6) is 0.832. The summed E-state index contributed by atoms with van der Waals surface area (Å²) in [6, 6.07) is 4.87. The van der Waals surface area contributed by atoms with Gasteiger partial charge in [0, 0.05) is 12.1 Å². The van der Waals surface area contributed by atoms with E-state index < -0.39 is 7.81 Å². The van der Waals surface area contributed by atoms with Gasteiger partial charge in [-0.15, -0.1) is 0 Å². The third kappa shape index (κ3) is 12.6. The molecule has 0 N–H and O–H groups in total. The number of hydrogen-bond acceptors (Lipinski definition) is 4. The Labute approximate surface area is 189 Å². The van der Waals surface area contributed by atoms with Crippen LogP contribution in [-0.2, 0) is 0 Å². The fraction of sp³-hybridized carbons (Fsp3) is 0.667. The summed E-state index contributed by atoms with van der Waals surface area (Å²) in [5.41, 5.74) is 0.994. The Morgan fingerprint density at radius 1 is 1.09 bits per heavy atom. The SMILES string of the molecule is CCN(C(C)C)C(C)C.CN(C)C(n1nnc2c1ccc[n+]2[O-])=[N+](C)C.F[P-](F)(F)(F)(F)F. The van der Waals surface area contributed by atoms with E-state index in [-0.39, 0.29) is 0 Å². The van der Waals surface area contributed by atoms with Gasteiger partial charge in [-0.05, 0) is 46.4 Å². The van der Waals surface area contributed by atoms with Crippen molar-refractivity contribution in [3.05, 3.63) is 23.5 Å². The molecule has 2 heterocycles. The minimum absolute atomic E-state index is 0.314. The molecule has 0 amide bonds. The van der Waals surface area contributed by atoms with Crippen LogP contribution in [0.4, 0.5) is 25.2 Å². The molecule has 0 saturated carbocycles. The summed E-state index contributed by atoms with van der Waals surface area (Å²) in [5, 5.41) is 19.4. The zero-order chi connectivity index (χ0) is 26.4. The number of halogens is 6. The van der Waals surface area contributed by atoms with Crippen LogP contribution in [0.25, 0.3) is 11.2 Å². The number of aromatic nitrogens is 4. The van der Waals surface area contributed by atoms with Crippen molar-refractivity contribution >= 4 is 24.9 Å². The van der Waals surface area contributed by atoms with Gasteiger partial charge in [0.05, 0.1) is 34.4 Å². The maximum absolute atomic E-state index is 11.5. The van der Waals surface area contributed by atoms with E-state index in [0.29, 0.717) is 28.0 Å². The first-order valence-corrected chi connectivity index (χ1v) is 12.1. The average Bonchev–Trinajstić information content (AvgIpc) is 2.97. The molecule has 33 heavy (non-hydrogen) atoms. The van der Waals surface area contributed by atoms with E-state index in [0.717, 1.165) is 12.5 Å². The monoisotopic (exact) mass is 509 g/mol. The van der Waals surface area contributed by atoms with Crippen molar-refractivity contribution in [1.82, 2.24) is 24.8 Å². The molecule has 0 aromatic carbocycles. The number of fused-ring (bicyclic) bond motifs is 1. The van der Waals surface area contributed by atoms with E-state index in [9.17, 15) is 30.4 Å². The molecular formula is C18H34F6N7OP. The van der Waals surface area contributed by atoms with Crippen molar-refractivity contribution in [1.29, 1.82) is 0 Å². The van der Waals surface area contributed by atoms with Crippen molar-refractivity contribution in [3.63, 3.8) is 0 Å². The van der Waals surface area contributed by atoms with Crippen molar-refractivity contribution in [2.24, 2.45) is 0 Å². The Kier molecular flexibility index (Phi) is 9.68. The van der Waals surface area contributed by atoms with Gasteiger partial charge in [0.25, 0.3) is 0 Å². The van der Waals surface area contributed by atoms with Crippen LogP contribution < -0.4 is 4.73 Å². The molecular weight excluding hydrogens is 475 g/mol. The third-order valence-corrected chi connectivity index (χ3v) is 4.05. The molecule has 0 saturated heterocycles. The Bertz CT molecular complexity index is 920. The molecule has 0 aliphatic rings. The molecule has 0 radical (unpaired) electrons. The number of hydrogen-bond donors (Lipinski definition) is 0. The second-order valence-corrected chi connectivity index (χ2v) is 10.0. The van der Waals surface area contributed by atoms with Crippen LogP contribution in [0.2, 0.25) is 0 Å². The molecule has 0 unspecified atom stereocenters. The maximum atomic E-state index is 11.5. The molecule has 0 aliphatic carbocycles. The Hall–Kier alpha value is -2.21. The van der Waals surface area contributed by atoms with Gasteiger partial charge in [-0.3, -0.25) is 14.4 Å². The van der Waals surface area contributed by atoms with Crippen molar-refractivity contribution < 1.29 is 34.5 Å². The number of rotatable bonds is 3. The molecule has 2 aromatic rings. The van der Waals surface area contributed by atoms with Crippen LogP contribution in [-0.4, -0.2) is 82.1 Å². The minimum atomic E-state index is -10.7. The fourth-order valence-electron chi connectivity index (χ4n) is 3.12. The molecule has 0 fully saturated rings. The third-order valence-electron chi connectivity index (χ3n) is 4.05. The van der Waals surface area contributed by atoms with Crippen LogP contribution in [0.15, 0.2) is 18.3 Å². The second-order valence-electron chi connectivity index (χ2n) is 8.11. The predicted octanol–water partition coefficient (Wildman–Crippen LogP) is 4.61.